The lowest BCUT2D eigenvalue weighted by Crippen LogP contribution is -2.31. The molecule has 2 aromatic carbocycles. The van der Waals surface area contributed by atoms with Gasteiger partial charge in [0.1, 0.15) is 5.60 Å². The zero-order valence-corrected chi connectivity index (χ0v) is 13.4. The van der Waals surface area contributed by atoms with Gasteiger partial charge in [-0.1, -0.05) is 35.9 Å². The summed E-state index contributed by atoms with van der Waals surface area (Å²) in [5.74, 6) is -0.509. The van der Waals surface area contributed by atoms with Crippen molar-refractivity contribution in [3.8, 4) is 0 Å². The maximum atomic E-state index is 12.5. The van der Waals surface area contributed by atoms with Crippen molar-refractivity contribution in [3.05, 3.63) is 69.7 Å². The lowest BCUT2D eigenvalue weighted by molar-refractivity contribution is 0.0488. The van der Waals surface area contributed by atoms with E-state index in [-0.39, 0.29) is 11.6 Å². The first kappa shape index (κ1) is 16.4. The first-order chi connectivity index (χ1) is 10.2. The Balaban J connectivity index is 2.31. The van der Waals surface area contributed by atoms with E-state index in [2.05, 4.69) is 0 Å². The molecule has 0 heterocycles. The first-order valence-electron chi connectivity index (χ1n) is 6.88. The standard InChI is InChI=1S/C18H17ClO3/c1-11-10-14(19)8-9-15(11)16(20)12-4-6-13(7-5-12)17(21)18(2,3)22/h4-10,22H,1-3H3. The molecule has 0 aliphatic heterocycles. The number of carbonyl (C=O) groups excluding carboxylic acids is 2. The zero-order chi connectivity index (χ0) is 16.5. The highest BCUT2D eigenvalue weighted by Gasteiger charge is 2.25. The minimum Gasteiger partial charge on any atom is -0.382 e. The van der Waals surface area contributed by atoms with Crippen molar-refractivity contribution in [3.63, 3.8) is 0 Å². The van der Waals surface area contributed by atoms with Gasteiger partial charge in [0.05, 0.1) is 0 Å². The Morgan fingerprint density at radius 1 is 1.00 bits per heavy atom. The molecule has 0 aromatic heterocycles. The summed E-state index contributed by atoms with van der Waals surface area (Å²) in [5, 5.41) is 10.3. The number of carbonyl (C=O) groups is 2. The Hall–Kier alpha value is -1.97. The van der Waals surface area contributed by atoms with Crippen LogP contribution in [0, 0.1) is 6.92 Å². The van der Waals surface area contributed by atoms with Gasteiger partial charge in [-0.15, -0.1) is 0 Å². The summed E-state index contributed by atoms with van der Waals surface area (Å²) >= 11 is 5.89. The van der Waals surface area contributed by atoms with Gasteiger partial charge < -0.3 is 5.11 Å². The summed E-state index contributed by atoms with van der Waals surface area (Å²) in [6, 6.07) is 11.4. The molecule has 0 radical (unpaired) electrons. The second-order valence-corrected chi connectivity index (χ2v) is 6.19. The van der Waals surface area contributed by atoms with Crippen LogP contribution in [0.15, 0.2) is 42.5 Å². The Bertz CT molecular complexity index is 725. The third-order valence-electron chi connectivity index (χ3n) is 3.40. The Morgan fingerprint density at radius 3 is 2.05 bits per heavy atom. The number of hydrogen-bond donors (Lipinski definition) is 1. The topological polar surface area (TPSA) is 54.4 Å². The molecule has 0 bridgehead atoms. The molecule has 0 fully saturated rings. The first-order valence-corrected chi connectivity index (χ1v) is 7.26. The van der Waals surface area contributed by atoms with Crippen LogP contribution in [0.25, 0.3) is 0 Å². The molecule has 0 spiro atoms. The van der Waals surface area contributed by atoms with Gasteiger partial charge in [0.25, 0.3) is 0 Å². The highest BCUT2D eigenvalue weighted by Crippen LogP contribution is 2.20. The molecule has 1 N–H and O–H groups in total. The van der Waals surface area contributed by atoms with Gasteiger partial charge in [0, 0.05) is 21.7 Å². The van der Waals surface area contributed by atoms with Crippen molar-refractivity contribution >= 4 is 23.2 Å². The van der Waals surface area contributed by atoms with Crippen LogP contribution in [0.5, 0.6) is 0 Å². The fourth-order valence-corrected chi connectivity index (χ4v) is 2.39. The molecular weight excluding hydrogens is 300 g/mol. The molecule has 0 saturated carbocycles. The third kappa shape index (κ3) is 3.43. The molecule has 114 valence electrons. The largest absolute Gasteiger partial charge is 0.382 e. The van der Waals surface area contributed by atoms with Gasteiger partial charge in [0.2, 0.25) is 0 Å². The minimum absolute atomic E-state index is 0.128. The number of aliphatic hydroxyl groups is 1. The molecule has 22 heavy (non-hydrogen) atoms. The SMILES string of the molecule is Cc1cc(Cl)ccc1C(=O)c1ccc(C(=O)C(C)(C)O)cc1. The van der Waals surface area contributed by atoms with E-state index in [0.29, 0.717) is 21.7 Å². The number of aryl methyl sites for hydroxylation is 1. The second-order valence-electron chi connectivity index (χ2n) is 5.75. The molecule has 0 saturated heterocycles. The van der Waals surface area contributed by atoms with Crippen molar-refractivity contribution in [2.24, 2.45) is 0 Å². The summed E-state index contributed by atoms with van der Waals surface area (Å²) in [6.07, 6.45) is 0. The van der Waals surface area contributed by atoms with Gasteiger partial charge in [-0.3, -0.25) is 9.59 Å². The lowest BCUT2D eigenvalue weighted by atomic mass is 9.94. The number of Topliss-reactive ketones (excluding diaryl/α,β-unsaturated/α-hetero) is 1. The Labute approximate surface area is 134 Å². The van der Waals surface area contributed by atoms with Crippen LogP contribution >= 0.6 is 11.6 Å². The quantitative estimate of drug-likeness (QED) is 0.872. The van der Waals surface area contributed by atoms with Crippen LogP contribution in [0.1, 0.15) is 45.7 Å². The van der Waals surface area contributed by atoms with Crippen LogP contribution in [0.3, 0.4) is 0 Å². The predicted octanol–water partition coefficient (Wildman–Crippen LogP) is 3.83. The van der Waals surface area contributed by atoms with E-state index in [1.165, 1.54) is 13.8 Å². The van der Waals surface area contributed by atoms with E-state index >= 15 is 0 Å². The van der Waals surface area contributed by atoms with Crippen LogP contribution in [0.2, 0.25) is 5.02 Å². The monoisotopic (exact) mass is 316 g/mol. The van der Waals surface area contributed by atoms with Crippen LogP contribution < -0.4 is 0 Å². The summed E-state index contributed by atoms with van der Waals surface area (Å²) < 4.78 is 0. The number of halogens is 1. The van der Waals surface area contributed by atoms with Crippen molar-refractivity contribution in [1.82, 2.24) is 0 Å². The van der Waals surface area contributed by atoms with Crippen LogP contribution in [-0.4, -0.2) is 22.3 Å². The van der Waals surface area contributed by atoms with Crippen LogP contribution in [0.4, 0.5) is 0 Å². The molecule has 3 nitrogen and oxygen atoms in total. The Morgan fingerprint density at radius 2 is 1.55 bits per heavy atom. The minimum atomic E-state index is -1.43. The van der Waals surface area contributed by atoms with Crippen molar-refractivity contribution in [1.29, 1.82) is 0 Å². The van der Waals surface area contributed by atoms with Gasteiger partial charge in [0.15, 0.2) is 11.6 Å². The van der Waals surface area contributed by atoms with E-state index in [4.69, 9.17) is 11.6 Å². The highest BCUT2D eigenvalue weighted by molar-refractivity contribution is 6.30. The normalized spacial score (nSPS) is 11.3. The van der Waals surface area contributed by atoms with Gasteiger partial charge >= 0.3 is 0 Å². The van der Waals surface area contributed by atoms with E-state index < -0.39 is 5.60 Å². The summed E-state index contributed by atoms with van der Waals surface area (Å²) in [7, 11) is 0. The maximum absolute atomic E-state index is 12.5. The molecule has 0 amide bonds. The molecule has 0 unspecified atom stereocenters. The molecule has 2 aromatic rings. The average Bonchev–Trinajstić information content (AvgIpc) is 2.45. The summed E-state index contributed by atoms with van der Waals surface area (Å²) in [5.41, 5.74) is 0.799. The fourth-order valence-electron chi connectivity index (χ4n) is 2.16. The number of rotatable bonds is 4. The Kier molecular flexibility index (Phi) is 4.50. The van der Waals surface area contributed by atoms with Gasteiger partial charge in [-0.25, -0.2) is 0 Å². The van der Waals surface area contributed by atoms with Gasteiger partial charge in [-0.2, -0.15) is 0 Å². The summed E-state index contributed by atoms with van der Waals surface area (Å²) in [4.78, 5) is 24.4. The number of hydrogen-bond acceptors (Lipinski definition) is 3. The zero-order valence-electron chi connectivity index (χ0n) is 12.7. The van der Waals surface area contributed by atoms with E-state index in [0.717, 1.165) is 5.56 Å². The predicted molar refractivity (Wildman–Crippen MR) is 86.7 cm³/mol. The van der Waals surface area contributed by atoms with Crippen molar-refractivity contribution in [2.45, 2.75) is 26.4 Å². The van der Waals surface area contributed by atoms with Gasteiger partial charge in [-0.05, 0) is 44.5 Å². The summed E-state index contributed by atoms with van der Waals surface area (Å²) in [6.45, 7) is 4.70. The molecule has 0 aliphatic rings. The number of benzene rings is 2. The highest BCUT2D eigenvalue weighted by atomic mass is 35.5. The molecular formula is C18H17ClO3. The molecule has 0 aliphatic carbocycles. The number of ketones is 2. The molecule has 0 atom stereocenters. The molecule has 2 rings (SSSR count). The fraction of sp³-hybridized carbons (Fsp3) is 0.222. The van der Waals surface area contributed by atoms with Crippen LogP contribution in [-0.2, 0) is 0 Å². The van der Waals surface area contributed by atoms with Crippen molar-refractivity contribution in [2.75, 3.05) is 0 Å². The van der Waals surface area contributed by atoms with E-state index in [9.17, 15) is 14.7 Å². The second kappa shape index (κ2) is 6.03. The van der Waals surface area contributed by atoms with E-state index in [1.807, 2.05) is 6.92 Å². The molecule has 4 heteroatoms. The lowest BCUT2D eigenvalue weighted by Gasteiger charge is -2.15. The third-order valence-corrected chi connectivity index (χ3v) is 3.63. The maximum Gasteiger partial charge on any atom is 0.193 e. The van der Waals surface area contributed by atoms with Crippen molar-refractivity contribution < 1.29 is 14.7 Å². The smallest absolute Gasteiger partial charge is 0.193 e. The average molecular weight is 317 g/mol. The van der Waals surface area contributed by atoms with E-state index in [1.54, 1.807) is 42.5 Å².